The Bertz CT molecular complexity index is 326. The number of hydrogen-bond acceptors (Lipinski definition) is 2. The van der Waals surface area contributed by atoms with Crippen molar-refractivity contribution in [2.45, 2.75) is 32.2 Å². The van der Waals surface area contributed by atoms with Gasteiger partial charge in [-0.3, -0.25) is 4.79 Å². The number of nitrogens with one attached hydrogen (secondary N) is 1. The van der Waals surface area contributed by atoms with E-state index in [1.807, 2.05) is 18.2 Å². The molecule has 0 radical (unpaired) electrons. The highest BCUT2D eigenvalue weighted by molar-refractivity contribution is 7.98. The summed E-state index contributed by atoms with van der Waals surface area (Å²) in [6.45, 7) is 2.11. The van der Waals surface area contributed by atoms with Crippen molar-refractivity contribution in [2.75, 3.05) is 12.0 Å². The lowest BCUT2D eigenvalue weighted by Crippen LogP contribution is -2.36. The maximum Gasteiger partial charge on any atom is 0.220 e. The van der Waals surface area contributed by atoms with E-state index in [1.54, 1.807) is 11.8 Å². The largest absolute Gasteiger partial charge is 0.353 e. The zero-order valence-electron chi connectivity index (χ0n) is 10.6. The molecular formula is C14H21NOS. The smallest absolute Gasteiger partial charge is 0.220 e. The summed E-state index contributed by atoms with van der Waals surface area (Å²) >= 11 is 1.78. The lowest BCUT2D eigenvalue weighted by molar-refractivity contribution is -0.121. The minimum Gasteiger partial charge on any atom is -0.353 e. The summed E-state index contributed by atoms with van der Waals surface area (Å²) in [5.41, 5.74) is 1.22. The number of carbonyl (C=O) groups excluding carboxylic acids is 1. The fourth-order valence-corrected chi connectivity index (χ4v) is 2.39. The van der Waals surface area contributed by atoms with Crippen molar-refractivity contribution < 1.29 is 4.79 Å². The fraction of sp³-hybridized carbons (Fsp3) is 0.500. The summed E-state index contributed by atoms with van der Waals surface area (Å²) in [5, 5.41) is 3.08. The first-order chi connectivity index (χ1) is 8.26. The molecule has 1 rings (SSSR count). The molecule has 0 fully saturated rings. The molecule has 0 aromatic heterocycles. The van der Waals surface area contributed by atoms with Crippen molar-refractivity contribution in [3.63, 3.8) is 0 Å². The molecule has 1 N–H and O–H groups in total. The Morgan fingerprint density at radius 3 is 2.65 bits per heavy atom. The molecule has 17 heavy (non-hydrogen) atoms. The van der Waals surface area contributed by atoms with Crippen molar-refractivity contribution in [1.82, 2.24) is 5.32 Å². The molecule has 1 amide bonds. The molecule has 0 aliphatic rings. The number of carbonyl (C=O) groups is 1. The van der Waals surface area contributed by atoms with E-state index in [-0.39, 0.29) is 5.91 Å². The average molecular weight is 251 g/mol. The van der Waals surface area contributed by atoms with Crippen LogP contribution >= 0.6 is 11.8 Å². The molecule has 1 aromatic carbocycles. The molecule has 1 atom stereocenters. The Hall–Kier alpha value is -0.960. The molecule has 1 unspecified atom stereocenters. The van der Waals surface area contributed by atoms with E-state index in [9.17, 15) is 4.79 Å². The Morgan fingerprint density at radius 1 is 1.35 bits per heavy atom. The SMILES string of the molecule is CCC(CSC)NC(=O)CCc1ccccc1. The zero-order chi connectivity index (χ0) is 12.5. The number of rotatable bonds is 7. The van der Waals surface area contributed by atoms with Gasteiger partial charge in [0.2, 0.25) is 5.91 Å². The van der Waals surface area contributed by atoms with Crippen LogP contribution < -0.4 is 5.32 Å². The molecule has 3 heteroatoms. The van der Waals surface area contributed by atoms with Crippen LogP contribution in [0, 0.1) is 0 Å². The predicted molar refractivity (Wildman–Crippen MR) is 75.4 cm³/mol. The normalized spacial score (nSPS) is 12.1. The first kappa shape index (κ1) is 14.1. The van der Waals surface area contributed by atoms with E-state index in [4.69, 9.17) is 0 Å². The van der Waals surface area contributed by atoms with Crippen LogP contribution in [-0.4, -0.2) is 24.0 Å². The Balaban J connectivity index is 2.30. The van der Waals surface area contributed by atoms with E-state index < -0.39 is 0 Å². The summed E-state index contributed by atoms with van der Waals surface area (Å²) in [4.78, 5) is 11.7. The standard InChI is InChI=1S/C14H21NOS/c1-3-13(11-17-2)15-14(16)10-9-12-7-5-4-6-8-12/h4-8,13H,3,9-11H2,1-2H3,(H,15,16). The zero-order valence-corrected chi connectivity index (χ0v) is 11.4. The van der Waals surface area contributed by atoms with Crippen LogP contribution in [0.1, 0.15) is 25.3 Å². The van der Waals surface area contributed by atoms with Gasteiger partial charge in [-0.05, 0) is 24.7 Å². The summed E-state index contributed by atoms with van der Waals surface area (Å²) in [7, 11) is 0. The monoisotopic (exact) mass is 251 g/mol. The average Bonchev–Trinajstić information content (AvgIpc) is 2.37. The molecule has 0 aliphatic heterocycles. The second-order valence-corrected chi connectivity index (χ2v) is 5.02. The third-order valence-electron chi connectivity index (χ3n) is 2.71. The first-order valence-corrected chi connectivity index (χ1v) is 7.47. The van der Waals surface area contributed by atoms with Crippen LogP contribution in [0.4, 0.5) is 0 Å². The molecule has 0 saturated carbocycles. The van der Waals surface area contributed by atoms with Crippen LogP contribution in [0.15, 0.2) is 30.3 Å². The molecule has 1 aromatic rings. The summed E-state index contributed by atoms with van der Waals surface area (Å²) < 4.78 is 0. The number of thioether (sulfide) groups is 1. The maximum absolute atomic E-state index is 11.7. The van der Waals surface area contributed by atoms with Gasteiger partial charge in [-0.25, -0.2) is 0 Å². The highest BCUT2D eigenvalue weighted by atomic mass is 32.2. The molecule has 94 valence electrons. The molecular weight excluding hydrogens is 230 g/mol. The van der Waals surface area contributed by atoms with E-state index in [2.05, 4.69) is 30.6 Å². The van der Waals surface area contributed by atoms with Gasteiger partial charge in [0.1, 0.15) is 0 Å². The quantitative estimate of drug-likeness (QED) is 0.807. The van der Waals surface area contributed by atoms with Gasteiger partial charge in [-0.2, -0.15) is 11.8 Å². The number of benzene rings is 1. The van der Waals surface area contributed by atoms with Crippen LogP contribution in [0.3, 0.4) is 0 Å². The minimum atomic E-state index is 0.162. The van der Waals surface area contributed by atoms with E-state index in [1.165, 1.54) is 5.56 Å². The van der Waals surface area contributed by atoms with Crippen LogP contribution in [0.5, 0.6) is 0 Å². The summed E-state index contributed by atoms with van der Waals surface area (Å²) in [5.74, 6) is 1.16. The number of amides is 1. The van der Waals surface area contributed by atoms with Crippen molar-refractivity contribution in [2.24, 2.45) is 0 Å². The summed E-state index contributed by atoms with van der Waals surface area (Å²) in [6, 6.07) is 10.5. The van der Waals surface area contributed by atoms with Gasteiger partial charge in [0.05, 0.1) is 0 Å². The predicted octanol–water partition coefficient (Wildman–Crippen LogP) is 2.88. The third-order valence-corrected chi connectivity index (χ3v) is 3.45. The Kier molecular flexibility index (Phi) is 6.78. The van der Waals surface area contributed by atoms with Crippen LogP contribution in [0.2, 0.25) is 0 Å². The third kappa shape index (κ3) is 5.78. The van der Waals surface area contributed by atoms with Gasteiger partial charge < -0.3 is 5.32 Å². The van der Waals surface area contributed by atoms with Gasteiger partial charge >= 0.3 is 0 Å². The first-order valence-electron chi connectivity index (χ1n) is 6.08. The number of hydrogen-bond donors (Lipinski definition) is 1. The van der Waals surface area contributed by atoms with Crippen molar-refractivity contribution >= 4 is 17.7 Å². The van der Waals surface area contributed by atoms with Crippen molar-refractivity contribution in [1.29, 1.82) is 0 Å². The molecule has 0 aliphatic carbocycles. The van der Waals surface area contributed by atoms with Crippen molar-refractivity contribution in [3.05, 3.63) is 35.9 Å². The fourth-order valence-electron chi connectivity index (χ4n) is 1.67. The maximum atomic E-state index is 11.7. The van der Waals surface area contributed by atoms with Gasteiger partial charge in [0, 0.05) is 18.2 Å². The highest BCUT2D eigenvalue weighted by Crippen LogP contribution is 2.04. The Labute approximate surface area is 108 Å². The van der Waals surface area contributed by atoms with E-state index >= 15 is 0 Å². The molecule has 0 bridgehead atoms. The van der Waals surface area contributed by atoms with Crippen LogP contribution in [0.25, 0.3) is 0 Å². The molecule has 2 nitrogen and oxygen atoms in total. The topological polar surface area (TPSA) is 29.1 Å². The Morgan fingerprint density at radius 2 is 2.06 bits per heavy atom. The van der Waals surface area contributed by atoms with E-state index in [0.29, 0.717) is 12.5 Å². The van der Waals surface area contributed by atoms with E-state index in [0.717, 1.165) is 18.6 Å². The molecule has 0 spiro atoms. The van der Waals surface area contributed by atoms with Crippen LogP contribution in [-0.2, 0) is 11.2 Å². The van der Waals surface area contributed by atoms with Gasteiger partial charge in [-0.1, -0.05) is 37.3 Å². The summed E-state index contributed by atoms with van der Waals surface area (Å²) in [6.07, 6.45) is 4.47. The van der Waals surface area contributed by atoms with Crippen molar-refractivity contribution in [3.8, 4) is 0 Å². The molecule has 0 saturated heterocycles. The van der Waals surface area contributed by atoms with Gasteiger partial charge in [0.15, 0.2) is 0 Å². The lowest BCUT2D eigenvalue weighted by atomic mass is 10.1. The minimum absolute atomic E-state index is 0.162. The second kappa shape index (κ2) is 8.18. The van der Waals surface area contributed by atoms with Gasteiger partial charge in [0.25, 0.3) is 0 Å². The van der Waals surface area contributed by atoms with Gasteiger partial charge in [-0.15, -0.1) is 0 Å². The highest BCUT2D eigenvalue weighted by Gasteiger charge is 2.09. The number of aryl methyl sites for hydroxylation is 1. The molecule has 0 heterocycles. The lowest BCUT2D eigenvalue weighted by Gasteiger charge is -2.15. The second-order valence-electron chi connectivity index (χ2n) is 4.11.